The molecule has 2 aromatic rings. The zero-order valence-electron chi connectivity index (χ0n) is 15.0. The fourth-order valence-electron chi connectivity index (χ4n) is 2.48. The molecule has 0 aromatic heterocycles. The van der Waals surface area contributed by atoms with Crippen molar-refractivity contribution < 1.29 is 17.9 Å². The average molecular weight is 360 g/mol. The normalized spacial score (nSPS) is 10.3. The van der Waals surface area contributed by atoms with Crippen molar-refractivity contribution in [1.82, 2.24) is 0 Å². The van der Waals surface area contributed by atoms with Gasteiger partial charge in [0.1, 0.15) is 5.75 Å². The molecular formula is C22H23F3O. The highest BCUT2D eigenvalue weighted by atomic mass is 19.2. The third-order valence-corrected chi connectivity index (χ3v) is 3.96. The van der Waals surface area contributed by atoms with E-state index < -0.39 is 17.5 Å². The van der Waals surface area contributed by atoms with Gasteiger partial charge in [-0.1, -0.05) is 50.9 Å². The Hall–Kier alpha value is -2.41. The van der Waals surface area contributed by atoms with E-state index in [9.17, 15) is 13.2 Å². The lowest BCUT2D eigenvalue weighted by Crippen LogP contribution is -1.97. The van der Waals surface area contributed by atoms with Gasteiger partial charge in [0.2, 0.25) is 0 Å². The maximum Gasteiger partial charge on any atom is 0.194 e. The van der Waals surface area contributed by atoms with Gasteiger partial charge in [-0.05, 0) is 42.8 Å². The van der Waals surface area contributed by atoms with E-state index >= 15 is 0 Å². The van der Waals surface area contributed by atoms with Crippen molar-refractivity contribution in [3.63, 3.8) is 0 Å². The van der Waals surface area contributed by atoms with Gasteiger partial charge in [-0.3, -0.25) is 0 Å². The maximum absolute atomic E-state index is 13.2. The minimum atomic E-state index is -1.48. The van der Waals surface area contributed by atoms with E-state index in [2.05, 4.69) is 18.8 Å². The topological polar surface area (TPSA) is 9.23 Å². The molecule has 2 aromatic carbocycles. The van der Waals surface area contributed by atoms with Crippen LogP contribution in [0.1, 0.15) is 56.6 Å². The highest BCUT2D eigenvalue weighted by molar-refractivity contribution is 5.44. The third kappa shape index (κ3) is 6.48. The van der Waals surface area contributed by atoms with Crippen LogP contribution in [0.25, 0.3) is 0 Å². The molecule has 4 heteroatoms. The molecule has 0 aliphatic rings. The standard InChI is InChI=1S/C22H23F3O/c1-2-3-4-5-6-7-14-26-19-12-10-17(11-13-19)8-9-18-15-20(23)22(25)21(24)16-18/h10-13,15-16H,2-7,14H2,1H3. The number of ether oxygens (including phenoxy) is 1. The fourth-order valence-corrected chi connectivity index (χ4v) is 2.48. The number of rotatable bonds is 8. The number of hydrogen-bond acceptors (Lipinski definition) is 1. The second-order valence-electron chi connectivity index (χ2n) is 6.14. The predicted molar refractivity (Wildman–Crippen MR) is 97.6 cm³/mol. The molecule has 0 saturated carbocycles. The van der Waals surface area contributed by atoms with Crippen LogP contribution in [0, 0.1) is 29.3 Å². The van der Waals surface area contributed by atoms with Crippen LogP contribution < -0.4 is 4.74 Å². The van der Waals surface area contributed by atoms with Gasteiger partial charge in [0, 0.05) is 11.1 Å². The summed E-state index contributed by atoms with van der Waals surface area (Å²) in [4.78, 5) is 0. The molecule has 138 valence electrons. The average Bonchev–Trinajstić information content (AvgIpc) is 2.64. The Kier molecular flexibility index (Phi) is 8.08. The summed E-state index contributed by atoms with van der Waals surface area (Å²) in [5.74, 6) is 2.22. The lowest BCUT2D eigenvalue weighted by molar-refractivity contribution is 0.304. The van der Waals surface area contributed by atoms with E-state index in [4.69, 9.17) is 4.74 Å². The zero-order chi connectivity index (χ0) is 18.8. The molecule has 0 unspecified atom stereocenters. The second kappa shape index (κ2) is 10.6. The summed E-state index contributed by atoms with van der Waals surface area (Å²) >= 11 is 0. The first-order chi connectivity index (χ1) is 12.6. The summed E-state index contributed by atoms with van der Waals surface area (Å²) in [5, 5.41) is 0. The second-order valence-corrected chi connectivity index (χ2v) is 6.14. The van der Waals surface area contributed by atoms with E-state index in [0.717, 1.165) is 24.3 Å². The number of benzene rings is 2. The Labute approximate surface area is 153 Å². The van der Waals surface area contributed by atoms with Crippen molar-refractivity contribution in [2.24, 2.45) is 0 Å². The molecule has 0 heterocycles. The van der Waals surface area contributed by atoms with Crippen molar-refractivity contribution in [3.05, 3.63) is 65.0 Å². The number of unbranched alkanes of at least 4 members (excludes halogenated alkanes) is 5. The zero-order valence-corrected chi connectivity index (χ0v) is 15.0. The minimum Gasteiger partial charge on any atom is -0.494 e. The highest BCUT2D eigenvalue weighted by Gasteiger charge is 2.09. The summed E-state index contributed by atoms with van der Waals surface area (Å²) in [7, 11) is 0. The Morgan fingerprint density at radius 1 is 0.769 bits per heavy atom. The Bertz CT molecular complexity index is 734. The first-order valence-corrected chi connectivity index (χ1v) is 8.99. The Balaban J connectivity index is 1.83. The van der Waals surface area contributed by atoms with Crippen LogP contribution in [-0.4, -0.2) is 6.61 Å². The van der Waals surface area contributed by atoms with Gasteiger partial charge in [0.25, 0.3) is 0 Å². The van der Waals surface area contributed by atoms with Crippen molar-refractivity contribution in [3.8, 4) is 17.6 Å². The quantitative estimate of drug-likeness (QED) is 0.307. The van der Waals surface area contributed by atoms with Gasteiger partial charge in [-0.25, -0.2) is 13.2 Å². The van der Waals surface area contributed by atoms with Crippen LogP contribution in [-0.2, 0) is 0 Å². The van der Waals surface area contributed by atoms with E-state index in [-0.39, 0.29) is 5.56 Å². The van der Waals surface area contributed by atoms with E-state index in [1.807, 2.05) is 12.1 Å². The largest absolute Gasteiger partial charge is 0.494 e. The van der Waals surface area contributed by atoms with E-state index in [0.29, 0.717) is 12.2 Å². The predicted octanol–water partition coefficient (Wildman–Crippen LogP) is 6.24. The van der Waals surface area contributed by atoms with Crippen LogP contribution in [0.4, 0.5) is 13.2 Å². The van der Waals surface area contributed by atoms with Crippen molar-refractivity contribution in [2.75, 3.05) is 6.61 Å². The molecule has 2 rings (SSSR count). The fraction of sp³-hybridized carbons (Fsp3) is 0.364. The van der Waals surface area contributed by atoms with Gasteiger partial charge in [0.15, 0.2) is 17.5 Å². The van der Waals surface area contributed by atoms with Gasteiger partial charge >= 0.3 is 0 Å². The monoisotopic (exact) mass is 360 g/mol. The van der Waals surface area contributed by atoms with Crippen LogP contribution in [0.5, 0.6) is 5.75 Å². The molecule has 1 nitrogen and oxygen atoms in total. The van der Waals surface area contributed by atoms with E-state index in [1.54, 1.807) is 12.1 Å². The van der Waals surface area contributed by atoms with Crippen LogP contribution >= 0.6 is 0 Å². The first kappa shape index (κ1) is 19.9. The van der Waals surface area contributed by atoms with Crippen molar-refractivity contribution >= 4 is 0 Å². The summed E-state index contributed by atoms with van der Waals surface area (Å²) in [6, 6.07) is 8.94. The summed E-state index contributed by atoms with van der Waals surface area (Å²) in [6.07, 6.45) is 7.28. The third-order valence-electron chi connectivity index (χ3n) is 3.96. The van der Waals surface area contributed by atoms with Crippen molar-refractivity contribution in [2.45, 2.75) is 45.4 Å². The van der Waals surface area contributed by atoms with Crippen LogP contribution in [0.2, 0.25) is 0 Å². The Morgan fingerprint density at radius 2 is 1.35 bits per heavy atom. The minimum absolute atomic E-state index is 0.0878. The van der Waals surface area contributed by atoms with Gasteiger partial charge in [-0.2, -0.15) is 0 Å². The molecule has 0 saturated heterocycles. The lowest BCUT2D eigenvalue weighted by atomic mass is 10.1. The summed E-state index contributed by atoms with van der Waals surface area (Å²) in [5.41, 5.74) is 0.770. The van der Waals surface area contributed by atoms with Crippen LogP contribution in [0.15, 0.2) is 36.4 Å². The van der Waals surface area contributed by atoms with Gasteiger partial charge in [0.05, 0.1) is 6.61 Å². The van der Waals surface area contributed by atoms with Crippen molar-refractivity contribution in [1.29, 1.82) is 0 Å². The molecule has 0 fully saturated rings. The van der Waals surface area contributed by atoms with E-state index in [1.165, 1.54) is 32.1 Å². The molecule has 0 bridgehead atoms. The molecular weight excluding hydrogens is 337 g/mol. The summed E-state index contributed by atoms with van der Waals surface area (Å²) in [6.45, 7) is 2.89. The molecule has 0 radical (unpaired) electrons. The maximum atomic E-state index is 13.2. The summed E-state index contributed by atoms with van der Waals surface area (Å²) < 4.78 is 44.9. The van der Waals surface area contributed by atoms with Gasteiger partial charge in [-0.15, -0.1) is 0 Å². The van der Waals surface area contributed by atoms with Crippen LogP contribution in [0.3, 0.4) is 0 Å². The molecule has 0 aliphatic heterocycles. The molecule has 0 N–H and O–H groups in total. The SMILES string of the molecule is CCCCCCCCOc1ccc(C#Cc2cc(F)c(F)c(F)c2)cc1. The Morgan fingerprint density at radius 3 is 2.00 bits per heavy atom. The molecule has 0 atom stereocenters. The molecule has 0 spiro atoms. The molecule has 0 amide bonds. The lowest BCUT2D eigenvalue weighted by Gasteiger charge is -2.06. The van der Waals surface area contributed by atoms with Gasteiger partial charge < -0.3 is 4.74 Å². The smallest absolute Gasteiger partial charge is 0.194 e. The molecule has 0 aliphatic carbocycles. The number of hydrogen-bond donors (Lipinski definition) is 0. The highest BCUT2D eigenvalue weighted by Crippen LogP contribution is 2.15. The first-order valence-electron chi connectivity index (χ1n) is 8.99. The molecule has 26 heavy (non-hydrogen) atoms. The number of halogens is 3.